The van der Waals surface area contributed by atoms with E-state index in [0.29, 0.717) is 17.9 Å². The maximum Gasteiger partial charge on any atom is 0.253 e. The molecule has 0 spiro atoms. The fraction of sp³-hybridized carbons (Fsp3) is 0.417. The van der Waals surface area contributed by atoms with Crippen LogP contribution in [0.1, 0.15) is 23.7 Å². The van der Waals surface area contributed by atoms with Gasteiger partial charge < -0.3 is 15.8 Å². The molecule has 0 fully saturated rings. The SMILES string of the molecule is COCCC(C)NC(=O)c1ccc(Br)cc1N. The summed E-state index contributed by atoms with van der Waals surface area (Å²) in [5.74, 6) is -0.154. The van der Waals surface area contributed by atoms with Crippen LogP contribution in [-0.4, -0.2) is 25.7 Å². The Bertz CT molecular complexity index is 396. The molecule has 1 amide bonds. The average molecular weight is 301 g/mol. The summed E-state index contributed by atoms with van der Waals surface area (Å²) in [6.07, 6.45) is 0.776. The lowest BCUT2D eigenvalue weighted by atomic mass is 10.1. The van der Waals surface area contributed by atoms with Gasteiger partial charge in [0, 0.05) is 29.9 Å². The molecular weight excluding hydrogens is 284 g/mol. The van der Waals surface area contributed by atoms with Crippen LogP contribution in [0.25, 0.3) is 0 Å². The third kappa shape index (κ3) is 4.36. The van der Waals surface area contributed by atoms with Gasteiger partial charge in [-0.25, -0.2) is 0 Å². The first-order valence-corrected chi connectivity index (χ1v) is 6.18. The van der Waals surface area contributed by atoms with Crippen molar-refractivity contribution in [3.8, 4) is 0 Å². The molecule has 1 unspecified atom stereocenters. The lowest BCUT2D eigenvalue weighted by Gasteiger charge is -2.14. The molecule has 0 saturated heterocycles. The molecular formula is C12H17BrN2O2. The summed E-state index contributed by atoms with van der Waals surface area (Å²) in [6, 6.07) is 5.28. The number of halogens is 1. The van der Waals surface area contributed by atoms with Gasteiger partial charge in [0.1, 0.15) is 0 Å². The quantitative estimate of drug-likeness (QED) is 0.819. The van der Waals surface area contributed by atoms with E-state index in [-0.39, 0.29) is 11.9 Å². The molecule has 94 valence electrons. The number of ether oxygens (including phenoxy) is 1. The Balaban J connectivity index is 2.63. The molecule has 0 aliphatic rings. The number of nitrogen functional groups attached to an aromatic ring is 1. The van der Waals surface area contributed by atoms with Crippen LogP contribution in [0.2, 0.25) is 0 Å². The topological polar surface area (TPSA) is 64.3 Å². The van der Waals surface area contributed by atoms with Gasteiger partial charge in [-0.15, -0.1) is 0 Å². The first-order valence-electron chi connectivity index (χ1n) is 5.39. The van der Waals surface area contributed by atoms with Crippen LogP contribution < -0.4 is 11.1 Å². The Kier molecular flexibility index (Phi) is 5.44. The zero-order chi connectivity index (χ0) is 12.8. The van der Waals surface area contributed by atoms with Crippen LogP contribution in [0.15, 0.2) is 22.7 Å². The van der Waals surface area contributed by atoms with Gasteiger partial charge in [-0.05, 0) is 31.5 Å². The number of amides is 1. The predicted octanol–water partition coefficient (Wildman–Crippen LogP) is 2.19. The van der Waals surface area contributed by atoms with Crippen LogP contribution in [0.3, 0.4) is 0 Å². The minimum atomic E-state index is -0.154. The van der Waals surface area contributed by atoms with Crippen molar-refractivity contribution in [1.82, 2.24) is 5.32 Å². The molecule has 0 aliphatic carbocycles. The van der Waals surface area contributed by atoms with Gasteiger partial charge in [-0.2, -0.15) is 0 Å². The van der Waals surface area contributed by atoms with Crippen LogP contribution in [0, 0.1) is 0 Å². The van der Waals surface area contributed by atoms with E-state index in [0.717, 1.165) is 10.9 Å². The Labute approximate surface area is 110 Å². The Morgan fingerprint density at radius 2 is 2.29 bits per heavy atom. The molecule has 17 heavy (non-hydrogen) atoms. The summed E-state index contributed by atoms with van der Waals surface area (Å²) < 4.78 is 5.82. The highest BCUT2D eigenvalue weighted by Crippen LogP contribution is 2.18. The summed E-state index contributed by atoms with van der Waals surface area (Å²) in [7, 11) is 1.64. The van der Waals surface area contributed by atoms with Gasteiger partial charge in [0.25, 0.3) is 5.91 Å². The van der Waals surface area contributed by atoms with E-state index in [1.165, 1.54) is 0 Å². The van der Waals surface area contributed by atoms with Crippen LogP contribution >= 0.6 is 15.9 Å². The number of nitrogens with two attached hydrogens (primary N) is 1. The third-order valence-corrected chi connectivity index (χ3v) is 2.88. The standard InChI is InChI=1S/C12H17BrN2O2/c1-8(5-6-17-2)15-12(16)10-4-3-9(13)7-11(10)14/h3-4,7-8H,5-6,14H2,1-2H3,(H,15,16). The Hall–Kier alpha value is -1.07. The molecule has 0 aromatic heterocycles. The molecule has 3 N–H and O–H groups in total. The molecule has 4 nitrogen and oxygen atoms in total. The number of hydrogen-bond acceptors (Lipinski definition) is 3. The van der Waals surface area contributed by atoms with Gasteiger partial charge in [0.05, 0.1) is 5.56 Å². The third-order valence-electron chi connectivity index (χ3n) is 2.39. The number of nitrogens with one attached hydrogen (secondary N) is 1. The van der Waals surface area contributed by atoms with Crippen LogP contribution in [0.5, 0.6) is 0 Å². The first kappa shape index (κ1) is 14.0. The molecule has 0 aliphatic heterocycles. The minimum absolute atomic E-state index is 0.0606. The number of carbonyl (C=O) groups excluding carboxylic acids is 1. The maximum absolute atomic E-state index is 11.9. The summed E-state index contributed by atoms with van der Waals surface area (Å²) in [6.45, 7) is 2.56. The molecule has 1 atom stereocenters. The van der Waals surface area contributed by atoms with E-state index in [9.17, 15) is 4.79 Å². The zero-order valence-corrected chi connectivity index (χ0v) is 11.6. The van der Waals surface area contributed by atoms with Crippen molar-refractivity contribution in [3.05, 3.63) is 28.2 Å². The number of hydrogen-bond donors (Lipinski definition) is 2. The van der Waals surface area contributed by atoms with Crippen LogP contribution in [-0.2, 0) is 4.74 Å². The van der Waals surface area contributed by atoms with E-state index < -0.39 is 0 Å². The van der Waals surface area contributed by atoms with Crippen molar-refractivity contribution in [3.63, 3.8) is 0 Å². The van der Waals surface area contributed by atoms with Crippen molar-refractivity contribution in [1.29, 1.82) is 0 Å². The van der Waals surface area contributed by atoms with Crippen molar-refractivity contribution in [2.75, 3.05) is 19.5 Å². The normalized spacial score (nSPS) is 12.2. The zero-order valence-electron chi connectivity index (χ0n) is 10.00. The smallest absolute Gasteiger partial charge is 0.253 e. The minimum Gasteiger partial charge on any atom is -0.398 e. The second-order valence-corrected chi connectivity index (χ2v) is 4.80. The number of benzene rings is 1. The predicted molar refractivity (Wildman–Crippen MR) is 72.0 cm³/mol. The number of rotatable bonds is 5. The monoisotopic (exact) mass is 300 g/mol. The highest BCUT2D eigenvalue weighted by Gasteiger charge is 2.12. The lowest BCUT2D eigenvalue weighted by Crippen LogP contribution is -2.33. The van der Waals surface area contributed by atoms with E-state index in [1.807, 2.05) is 6.92 Å². The summed E-state index contributed by atoms with van der Waals surface area (Å²) in [5.41, 5.74) is 6.75. The number of methoxy groups -OCH3 is 1. The van der Waals surface area contributed by atoms with E-state index >= 15 is 0 Å². The van der Waals surface area contributed by atoms with E-state index in [2.05, 4.69) is 21.2 Å². The second kappa shape index (κ2) is 6.61. The second-order valence-electron chi connectivity index (χ2n) is 3.89. The van der Waals surface area contributed by atoms with Crippen molar-refractivity contribution < 1.29 is 9.53 Å². The van der Waals surface area contributed by atoms with Gasteiger partial charge in [0.15, 0.2) is 0 Å². The van der Waals surface area contributed by atoms with Crippen molar-refractivity contribution in [2.45, 2.75) is 19.4 Å². The van der Waals surface area contributed by atoms with Gasteiger partial charge in [0.2, 0.25) is 0 Å². The largest absolute Gasteiger partial charge is 0.398 e. The van der Waals surface area contributed by atoms with Gasteiger partial charge >= 0.3 is 0 Å². The lowest BCUT2D eigenvalue weighted by molar-refractivity contribution is 0.0930. The molecule has 1 rings (SSSR count). The Morgan fingerprint density at radius 1 is 1.59 bits per heavy atom. The average Bonchev–Trinajstić information content (AvgIpc) is 2.26. The van der Waals surface area contributed by atoms with Crippen LogP contribution in [0.4, 0.5) is 5.69 Å². The fourth-order valence-corrected chi connectivity index (χ4v) is 1.79. The van der Waals surface area contributed by atoms with Gasteiger partial charge in [-0.1, -0.05) is 15.9 Å². The fourth-order valence-electron chi connectivity index (χ4n) is 1.41. The molecule has 0 saturated carbocycles. The number of carbonyl (C=O) groups is 1. The maximum atomic E-state index is 11.9. The summed E-state index contributed by atoms with van der Waals surface area (Å²) >= 11 is 3.30. The number of anilines is 1. The van der Waals surface area contributed by atoms with E-state index in [4.69, 9.17) is 10.5 Å². The summed E-state index contributed by atoms with van der Waals surface area (Å²) in [5, 5.41) is 2.88. The molecule has 1 aromatic rings. The first-order chi connectivity index (χ1) is 8.04. The van der Waals surface area contributed by atoms with E-state index in [1.54, 1.807) is 25.3 Å². The molecule has 1 aromatic carbocycles. The summed E-state index contributed by atoms with van der Waals surface area (Å²) in [4.78, 5) is 11.9. The van der Waals surface area contributed by atoms with Crippen molar-refractivity contribution in [2.24, 2.45) is 0 Å². The Morgan fingerprint density at radius 3 is 2.88 bits per heavy atom. The van der Waals surface area contributed by atoms with Crippen molar-refractivity contribution >= 4 is 27.5 Å². The van der Waals surface area contributed by atoms with Gasteiger partial charge in [-0.3, -0.25) is 4.79 Å². The molecule has 0 bridgehead atoms. The molecule has 5 heteroatoms. The highest BCUT2D eigenvalue weighted by molar-refractivity contribution is 9.10. The molecule has 0 heterocycles. The highest BCUT2D eigenvalue weighted by atomic mass is 79.9. The molecule has 0 radical (unpaired) electrons.